The molecule has 0 saturated carbocycles. The average molecular weight is 369 g/mol. The minimum Gasteiger partial charge on any atom is -0.478 e. The van der Waals surface area contributed by atoms with Crippen LogP contribution in [0.25, 0.3) is 0 Å². The second-order valence-corrected chi connectivity index (χ2v) is 6.74. The van der Waals surface area contributed by atoms with E-state index in [9.17, 15) is 21.6 Å². The molecule has 0 heterocycles. The first-order chi connectivity index (χ1) is 11.9. The molecule has 2 rings (SSSR count). The third kappa shape index (κ3) is 6.49. The zero-order valence-electron chi connectivity index (χ0n) is 12.9. The quantitative estimate of drug-likeness (QED) is 0.797. The smallest absolute Gasteiger partial charge is 0.216 e. The summed E-state index contributed by atoms with van der Waals surface area (Å²) in [5, 5.41) is 0. The van der Waals surface area contributed by atoms with Crippen LogP contribution < -0.4 is 9.46 Å². The summed E-state index contributed by atoms with van der Waals surface area (Å²) in [5.74, 6) is 2.28. The molecule has 0 saturated heterocycles. The van der Waals surface area contributed by atoms with Gasteiger partial charge < -0.3 is 4.74 Å². The van der Waals surface area contributed by atoms with Crippen molar-refractivity contribution in [2.45, 2.75) is 5.75 Å². The lowest BCUT2D eigenvalue weighted by Gasteiger charge is -2.05. The van der Waals surface area contributed by atoms with E-state index in [0.29, 0.717) is 6.07 Å². The molecule has 0 unspecified atom stereocenters. The van der Waals surface area contributed by atoms with Crippen LogP contribution in [0.2, 0.25) is 0 Å². The summed E-state index contributed by atoms with van der Waals surface area (Å²) in [6, 6.07) is 8.35. The van der Waals surface area contributed by atoms with Crippen LogP contribution in [0.5, 0.6) is 5.75 Å². The number of rotatable bonds is 6. The second kappa shape index (κ2) is 8.55. The van der Waals surface area contributed by atoms with E-state index < -0.39 is 33.2 Å². The molecule has 0 spiro atoms. The predicted octanol–water partition coefficient (Wildman–Crippen LogP) is 2.61. The Morgan fingerprint density at radius 2 is 1.68 bits per heavy atom. The van der Waals surface area contributed by atoms with Gasteiger partial charge in [-0.1, -0.05) is 24.0 Å². The van der Waals surface area contributed by atoms with Gasteiger partial charge in [0.05, 0.1) is 12.3 Å². The number of hydrogen-bond donors (Lipinski definition) is 1. The van der Waals surface area contributed by atoms with Crippen molar-refractivity contribution in [3.8, 4) is 17.6 Å². The largest absolute Gasteiger partial charge is 0.478 e. The van der Waals surface area contributed by atoms with E-state index in [0.717, 1.165) is 12.1 Å². The normalized spacial score (nSPS) is 10.8. The Balaban J connectivity index is 1.81. The maximum Gasteiger partial charge on any atom is 0.216 e. The molecule has 8 heteroatoms. The van der Waals surface area contributed by atoms with E-state index in [2.05, 4.69) is 16.6 Å². The molecule has 0 radical (unpaired) electrons. The molecule has 2 aromatic carbocycles. The van der Waals surface area contributed by atoms with E-state index in [1.165, 1.54) is 18.2 Å². The molecule has 2 aromatic rings. The van der Waals surface area contributed by atoms with Crippen LogP contribution in [0, 0.1) is 29.3 Å². The average Bonchev–Trinajstić information content (AvgIpc) is 2.50. The van der Waals surface area contributed by atoms with Crippen molar-refractivity contribution in [2.24, 2.45) is 0 Å². The lowest BCUT2D eigenvalue weighted by atomic mass is 10.2. The number of sulfonamides is 1. The molecule has 1 N–H and O–H groups in total. The molecular formula is C17H14F3NO3S. The molecule has 0 aliphatic carbocycles. The fraction of sp³-hybridized carbons (Fsp3) is 0.176. The minimum atomic E-state index is -3.80. The highest BCUT2D eigenvalue weighted by Crippen LogP contribution is 2.14. The van der Waals surface area contributed by atoms with E-state index in [4.69, 9.17) is 4.74 Å². The van der Waals surface area contributed by atoms with Crippen LogP contribution in [-0.2, 0) is 15.8 Å². The number of benzene rings is 2. The third-order valence-corrected chi connectivity index (χ3v) is 4.22. The van der Waals surface area contributed by atoms with Crippen LogP contribution in [-0.4, -0.2) is 21.6 Å². The fourth-order valence-electron chi connectivity index (χ4n) is 1.90. The van der Waals surface area contributed by atoms with Gasteiger partial charge in [-0.05, 0) is 29.8 Å². The highest BCUT2D eigenvalue weighted by atomic mass is 32.2. The first-order valence-corrected chi connectivity index (χ1v) is 8.76. The Morgan fingerprint density at radius 1 is 1.00 bits per heavy atom. The Labute approximate surface area is 143 Å². The molecule has 0 bridgehead atoms. The van der Waals surface area contributed by atoms with Gasteiger partial charge in [-0.3, -0.25) is 0 Å². The lowest BCUT2D eigenvalue weighted by molar-refractivity contribution is 0.348. The van der Waals surface area contributed by atoms with E-state index in [-0.39, 0.29) is 24.5 Å². The van der Waals surface area contributed by atoms with Gasteiger partial charge in [-0.25, -0.2) is 26.3 Å². The number of halogens is 3. The Morgan fingerprint density at radius 3 is 2.36 bits per heavy atom. The number of nitrogens with one attached hydrogen (secondary N) is 1. The standard InChI is InChI=1S/C17H14F3NO3S/c18-14-9-13(10-15(19)11-14)12-25(22,23)21-7-3-4-8-24-17-6-2-1-5-16(17)20/h1-2,5-6,9-11,21H,7-8,12H2. The monoisotopic (exact) mass is 369 g/mol. The molecule has 0 aliphatic heterocycles. The number of para-hydroxylation sites is 1. The van der Waals surface area contributed by atoms with Crippen LogP contribution in [0.1, 0.15) is 5.56 Å². The van der Waals surface area contributed by atoms with Gasteiger partial charge in [0.2, 0.25) is 10.0 Å². The summed E-state index contributed by atoms with van der Waals surface area (Å²) >= 11 is 0. The van der Waals surface area contributed by atoms with Crippen molar-refractivity contribution in [3.05, 3.63) is 65.5 Å². The van der Waals surface area contributed by atoms with Crippen molar-refractivity contribution in [3.63, 3.8) is 0 Å². The van der Waals surface area contributed by atoms with Crippen molar-refractivity contribution in [1.82, 2.24) is 4.72 Å². The maximum absolute atomic E-state index is 13.3. The first-order valence-electron chi connectivity index (χ1n) is 7.11. The van der Waals surface area contributed by atoms with Crippen LogP contribution in [0.15, 0.2) is 42.5 Å². The van der Waals surface area contributed by atoms with Crippen molar-refractivity contribution >= 4 is 10.0 Å². The SMILES string of the molecule is O=S(=O)(Cc1cc(F)cc(F)c1)NCC#CCOc1ccccc1F. The summed E-state index contributed by atoms with van der Waals surface area (Å²) in [4.78, 5) is 0. The molecule has 0 aliphatic rings. The zero-order chi connectivity index (χ0) is 18.3. The highest BCUT2D eigenvalue weighted by molar-refractivity contribution is 7.88. The minimum absolute atomic E-state index is 0.0131. The third-order valence-electron chi connectivity index (χ3n) is 2.92. The van der Waals surface area contributed by atoms with Gasteiger partial charge in [0, 0.05) is 6.07 Å². The van der Waals surface area contributed by atoms with Gasteiger partial charge in [0.1, 0.15) is 18.2 Å². The van der Waals surface area contributed by atoms with Gasteiger partial charge >= 0.3 is 0 Å². The lowest BCUT2D eigenvalue weighted by Crippen LogP contribution is -2.25. The van der Waals surface area contributed by atoms with Crippen molar-refractivity contribution in [2.75, 3.05) is 13.2 Å². The molecular weight excluding hydrogens is 355 g/mol. The van der Waals surface area contributed by atoms with Crippen molar-refractivity contribution in [1.29, 1.82) is 0 Å². The van der Waals surface area contributed by atoms with Crippen LogP contribution in [0.3, 0.4) is 0 Å². The topological polar surface area (TPSA) is 55.4 Å². The van der Waals surface area contributed by atoms with Gasteiger partial charge in [0.25, 0.3) is 0 Å². The summed E-state index contributed by atoms with van der Waals surface area (Å²) in [5.41, 5.74) is -0.0131. The Bertz CT molecular complexity index is 885. The molecule has 4 nitrogen and oxygen atoms in total. The summed E-state index contributed by atoms with van der Waals surface area (Å²) in [6.07, 6.45) is 0. The summed E-state index contributed by atoms with van der Waals surface area (Å²) in [6.45, 7) is -0.321. The second-order valence-electron chi connectivity index (χ2n) is 4.93. The van der Waals surface area contributed by atoms with E-state index in [1.807, 2.05) is 0 Å². The van der Waals surface area contributed by atoms with E-state index >= 15 is 0 Å². The Kier molecular flexibility index (Phi) is 6.44. The fourth-order valence-corrected chi connectivity index (χ4v) is 2.90. The summed E-state index contributed by atoms with van der Waals surface area (Å²) < 4.78 is 70.3. The first kappa shape index (κ1) is 18.8. The molecule has 25 heavy (non-hydrogen) atoms. The summed E-state index contributed by atoms with van der Waals surface area (Å²) in [7, 11) is -3.80. The molecule has 132 valence electrons. The van der Waals surface area contributed by atoms with Gasteiger partial charge in [-0.2, -0.15) is 0 Å². The van der Waals surface area contributed by atoms with Gasteiger partial charge in [-0.15, -0.1) is 0 Å². The van der Waals surface area contributed by atoms with Gasteiger partial charge in [0.15, 0.2) is 11.6 Å². The number of ether oxygens (including phenoxy) is 1. The van der Waals surface area contributed by atoms with Crippen LogP contribution >= 0.6 is 0 Å². The maximum atomic E-state index is 13.3. The molecule has 0 fully saturated rings. The highest BCUT2D eigenvalue weighted by Gasteiger charge is 2.12. The number of hydrogen-bond acceptors (Lipinski definition) is 3. The Hall–Kier alpha value is -2.50. The predicted molar refractivity (Wildman–Crippen MR) is 86.7 cm³/mol. The molecule has 0 amide bonds. The van der Waals surface area contributed by atoms with E-state index in [1.54, 1.807) is 6.07 Å². The van der Waals surface area contributed by atoms with Crippen molar-refractivity contribution < 1.29 is 26.3 Å². The molecule has 0 atom stereocenters. The van der Waals surface area contributed by atoms with Crippen LogP contribution in [0.4, 0.5) is 13.2 Å². The molecule has 0 aromatic heterocycles. The zero-order valence-corrected chi connectivity index (χ0v) is 13.7.